The van der Waals surface area contributed by atoms with Gasteiger partial charge in [-0.15, -0.1) is 0 Å². The molecule has 4 aromatic rings. The van der Waals surface area contributed by atoms with Gasteiger partial charge in [0.05, 0.1) is 6.61 Å². The zero-order chi connectivity index (χ0) is 24.9. The zero-order valence-electron chi connectivity index (χ0n) is 18.9. The van der Waals surface area contributed by atoms with E-state index in [1.165, 1.54) is 36.7 Å². The number of rotatable bonds is 8. The number of benzene rings is 3. The topological polar surface area (TPSA) is 55.0 Å². The van der Waals surface area contributed by atoms with Gasteiger partial charge in [-0.25, -0.2) is 27.3 Å². The third-order valence-electron chi connectivity index (χ3n) is 5.72. The van der Waals surface area contributed by atoms with E-state index in [1.54, 1.807) is 31.2 Å². The van der Waals surface area contributed by atoms with Gasteiger partial charge in [0.1, 0.15) is 0 Å². The first-order valence-corrected chi connectivity index (χ1v) is 11.0. The average Bonchev–Trinajstić information content (AvgIpc) is 2.87. The summed E-state index contributed by atoms with van der Waals surface area (Å²) in [6.45, 7) is 2.17. The Morgan fingerprint density at radius 3 is 2.03 bits per heavy atom. The molecule has 0 amide bonds. The summed E-state index contributed by atoms with van der Waals surface area (Å²) in [6, 6.07) is 12.8. The predicted octanol–water partition coefficient (Wildman–Crippen LogP) is 5.98. The second-order valence-electron chi connectivity index (χ2n) is 7.94. The van der Waals surface area contributed by atoms with Crippen molar-refractivity contribution >= 4 is 0 Å². The van der Waals surface area contributed by atoms with E-state index in [2.05, 4.69) is 9.97 Å². The molecule has 0 unspecified atom stereocenters. The normalized spacial score (nSPS) is 11.1. The molecule has 0 spiro atoms. The molecule has 0 bridgehead atoms. The van der Waals surface area contributed by atoms with Crippen molar-refractivity contribution in [2.45, 2.75) is 26.4 Å². The van der Waals surface area contributed by atoms with Gasteiger partial charge in [0.25, 0.3) is 0 Å². The van der Waals surface area contributed by atoms with Gasteiger partial charge in [-0.05, 0) is 36.5 Å². The lowest BCUT2D eigenvalue weighted by atomic mass is 9.98. The molecule has 0 aliphatic carbocycles. The summed E-state index contributed by atoms with van der Waals surface area (Å²) >= 11 is 0. The van der Waals surface area contributed by atoms with Gasteiger partial charge in [0.15, 0.2) is 23.3 Å². The quantitative estimate of drug-likeness (QED) is 0.314. The van der Waals surface area contributed by atoms with Crippen LogP contribution in [-0.4, -0.2) is 16.6 Å². The molecule has 0 saturated carbocycles. The molecule has 3 aromatic carbocycles. The summed E-state index contributed by atoms with van der Waals surface area (Å²) in [5, 5.41) is 0. The number of halogens is 4. The van der Waals surface area contributed by atoms with Crippen molar-refractivity contribution in [2.75, 3.05) is 6.61 Å². The van der Waals surface area contributed by atoms with Crippen LogP contribution in [0.3, 0.4) is 0 Å². The van der Waals surface area contributed by atoms with Crippen molar-refractivity contribution in [3.8, 4) is 22.3 Å². The highest BCUT2D eigenvalue weighted by atomic mass is 19.2. The van der Waals surface area contributed by atoms with E-state index >= 15 is 0 Å². The summed E-state index contributed by atoms with van der Waals surface area (Å²) in [5.41, 5.74) is 1.50. The van der Waals surface area contributed by atoms with Crippen LogP contribution in [0.25, 0.3) is 22.3 Å². The lowest BCUT2D eigenvalue weighted by molar-refractivity contribution is 0.131. The zero-order valence-corrected chi connectivity index (χ0v) is 18.9. The molecule has 0 fully saturated rings. The number of ether oxygens (including phenoxy) is 1. The number of hydrogen-bond acceptors (Lipinski definition) is 3. The first-order chi connectivity index (χ1) is 16.9. The third kappa shape index (κ3) is 5.33. The van der Waals surface area contributed by atoms with Gasteiger partial charge < -0.3 is 9.72 Å². The summed E-state index contributed by atoms with van der Waals surface area (Å²) in [6.07, 6.45) is 3.11. The van der Waals surface area contributed by atoms with Gasteiger partial charge in [-0.1, -0.05) is 48.5 Å². The molecule has 180 valence electrons. The number of hydrogen-bond donors (Lipinski definition) is 1. The third-order valence-corrected chi connectivity index (χ3v) is 5.72. The molecule has 35 heavy (non-hydrogen) atoms. The minimum atomic E-state index is -1.02. The molecule has 0 radical (unpaired) electrons. The number of aryl methyl sites for hydroxylation is 2. The fourth-order valence-corrected chi connectivity index (χ4v) is 3.76. The van der Waals surface area contributed by atoms with Crippen molar-refractivity contribution in [1.82, 2.24) is 9.97 Å². The SMILES string of the molecule is CCOCc1ccc(-c2ccc(CCc3ccc(-c4cnc(=O)[nH]c4)c(F)c3F)cc2)c(F)c1F. The standard InChI is InChI=1S/C27H22F4N2O2/c1-2-35-15-19-10-12-21(25(30)24(19)29)17-6-3-16(4-7-17)5-8-18-9-11-22(26(31)23(18)28)20-13-32-27(34)33-14-20/h3-4,6-7,9-14H,2,5,8,15H2,1H3,(H,32,33,34). The monoisotopic (exact) mass is 482 g/mol. The largest absolute Gasteiger partial charge is 0.377 e. The van der Waals surface area contributed by atoms with Crippen molar-refractivity contribution in [3.05, 3.63) is 111 Å². The first kappa shape index (κ1) is 24.3. The van der Waals surface area contributed by atoms with Crippen LogP contribution in [-0.2, 0) is 24.2 Å². The van der Waals surface area contributed by atoms with Gasteiger partial charge in [-0.2, -0.15) is 0 Å². The highest BCUT2D eigenvalue weighted by Gasteiger charge is 2.16. The number of nitrogens with zero attached hydrogens (tertiary/aromatic N) is 1. The van der Waals surface area contributed by atoms with Crippen LogP contribution in [0.2, 0.25) is 0 Å². The number of aromatic amines is 1. The fraction of sp³-hybridized carbons (Fsp3) is 0.185. The Hall–Kier alpha value is -3.78. The molecular formula is C27H22F4N2O2. The molecule has 4 nitrogen and oxygen atoms in total. The average molecular weight is 482 g/mol. The molecule has 0 aliphatic rings. The molecular weight excluding hydrogens is 460 g/mol. The lowest BCUT2D eigenvalue weighted by Crippen LogP contribution is -2.08. The molecule has 0 atom stereocenters. The highest BCUT2D eigenvalue weighted by Crippen LogP contribution is 2.28. The molecule has 1 heterocycles. The Labute approximate surface area is 199 Å². The number of H-pyrrole nitrogens is 1. The van der Waals surface area contributed by atoms with Crippen molar-refractivity contribution in [2.24, 2.45) is 0 Å². The smallest absolute Gasteiger partial charge is 0.344 e. The summed E-state index contributed by atoms with van der Waals surface area (Å²) in [5.74, 6) is -3.85. The Bertz CT molecular complexity index is 1380. The summed E-state index contributed by atoms with van der Waals surface area (Å²) in [4.78, 5) is 16.9. The van der Waals surface area contributed by atoms with E-state index in [1.807, 2.05) is 0 Å². The van der Waals surface area contributed by atoms with E-state index in [4.69, 9.17) is 4.74 Å². The Morgan fingerprint density at radius 2 is 1.40 bits per heavy atom. The maximum Gasteiger partial charge on any atom is 0.344 e. The fourth-order valence-electron chi connectivity index (χ4n) is 3.76. The Balaban J connectivity index is 1.47. The van der Waals surface area contributed by atoms with Gasteiger partial charge in [0.2, 0.25) is 0 Å². The Kier molecular flexibility index (Phi) is 7.41. The van der Waals surface area contributed by atoms with Gasteiger partial charge >= 0.3 is 5.69 Å². The highest BCUT2D eigenvalue weighted by molar-refractivity contribution is 5.65. The Morgan fingerprint density at radius 1 is 0.771 bits per heavy atom. The van der Waals surface area contributed by atoms with Crippen molar-refractivity contribution < 1.29 is 22.3 Å². The van der Waals surface area contributed by atoms with Crippen LogP contribution in [0.5, 0.6) is 0 Å². The molecule has 8 heteroatoms. The lowest BCUT2D eigenvalue weighted by Gasteiger charge is -2.11. The second-order valence-corrected chi connectivity index (χ2v) is 7.94. The van der Waals surface area contributed by atoms with Crippen LogP contribution in [0, 0.1) is 23.3 Å². The molecule has 1 N–H and O–H groups in total. The molecule has 1 aromatic heterocycles. The predicted molar refractivity (Wildman–Crippen MR) is 125 cm³/mol. The van der Waals surface area contributed by atoms with Crippen molar-refractivity contribution in [1.29, 1.82) is 0 Å². The minimum Gasteiger partial charge on any atom is -0.377 e. The van der Waals surface area contributed by atoms with E-state index in [0.717, 1.165) is 5.56 Å². The second kappa shape index (κ2) is 10.7. The number of nitrogens with one attached hydrogen (secondary N) is 1. The first-order valence-electron chi connectivity index (χ1n) is 11.0. The maximum atomic E-state index is 14.7. The van der Waals surface area contributed by atoms with E-state index in [0.29, 0.717) is 18.6 Å². The number of aromatic nitrogens is 2. The van der Waals surface area contributed by atoms with Crippen LogP contribution in [0.4, 0.5) is 17.6 Å². The molecule has 4 rings (SSSR count). The summed E-state index contributed by atoms with van der Waals surface area (Å²) in [7, 11) is 0. The van der Waals surface area contributed by atoms with Crippen LogP contribution in [0.15, 0.2) is 65.7 Å². The van der Waals surface area contributed by atoms with Gasteiger partial charge in [-0.3, -0.25) is 0 Å². The maximum absolute atomic E-state index is 14.7. The van der Waals surface area contributed by atoms with E-state index in [-0.39, 0.29) is 40.8 Å². The van der Waals surface area contributed by atoms with E-state index < -0.39 is 29.0 Å². The van der Waals surface area contributed by atoms with E-state index in [9.17, 15) is 22.4 Å². The minimum absolute atomic E-state index is 0.000821. The van der Waals surface area contributed by atoms with Crippen LogP contribution >= 0.6 is 0 Å². The van der Waals surface area contributed by atoms with Crippen LogP contribution in [0.1, 0.15) is 23.6 Å². The van der Waals surface area contributed by atoms with Crippen LogP contribution < -0.4 is 5.69 Å². The van der Waals surface area contributed by atoms with Gasteiger partial charge in [0, 0.05) is 41.3 Å². The van der Waals surface area contributed by atoms with Crippen molar-refractivity contribution in [3.63, 3.8) is 0 Å². The molecule has 0 saturated heterocycles. The molecule has 0 aliphatic heterocycles. The summed E-state index contributed by atoms with van der Waals surface area (Å²) < 4.78 is 63.3.